The second-order valence-corrected chi connectivity index (χ2v) is 6.81. The standard InChI is InChI=1S/C14H27NS/c1-2-12-3-5-14(6-4-12)15-11-13-7-9-16-10-8-13/h12-15H,2-11H2,1H3. The van der Waals surface area contributed by atoms with Crippen molar-refractivity contribution in [3.63, 3.8) is 0 Å². The SMILES string of the molecule is CCC1CCC(NCC2CCSCC2)CC1. The Labute approximate surface area is 105 Å². The van der Waals surface area contributed by atoms with Crippen LogP contribution >= 0.6 is 11.8 Å². The molecule has 2 heteroatoms. The van der Waals surface area contributed by atoms with Gasteiger partial charge in [0.05, 0.1) is 0 Å². The topological polar surface area (TPSA) is 12.0 Å². The third-order valence-corrected chi connectivity index (χ3v) is 5.51. The Hall–Kier alpha value is 0.310. The molecule has 1 N–H and O–H groups in total. The summed E-state index contributed by atoms with van der Waals surface area (Å²) in [5.74, 6) is 4.80. The van der Waals surface area contributed by atoms with Gasteiger partial charge in [0, 0.05) is 6.04 Å². The van der Waals surface area contributed by atoms with Crippen LogP contribution in [0.1, 0.15) is 51.9 Å². The van der Waals surface area contributed by atoms with Gasteiger partial charge in [-0.2, -0.15) is 11.8 Å². The molecule has 0 atom stereocenters. The molecule has 1 aliphatic carbocycles. The monoisotopic (exact) mass is 241 g/mol. The lowest BCUT2D eigenvalue weighted by Crippen LogP contribution is -2.37. The molecule has 1 saturated carbocycles. The van der Waals surface area contributed by atoms with Gasteiger partial charge in [-0.25, -0.2) is 0 Å². The van der Waals surface area contributed by atoms with Crippen LogP contribution in [-0.4, -0.2) is 24.1 Å². The van der Waals surface area contributed by atoms with E-state index in [9.17, 15) is 0 Å². The normalized spacial score (nSPS) is 32.8. The van der Waals surface area contributed by atoms with Crippen molar-refractivity contribution in [2.24, 2.45) is 11.8 Å². The zero-order valence-electron chi connectivity index (χ0n) is 10.7. The van der Waals surface area contributed by atoms with Crippen LogP contribution in [0.2, 0.25) is 0 Å². The minimum Gasteiger partial charge on any atom is -0.314 e. The number of rotatable bonds is 4. The van der Waals surface area contributed by atoms with Gasteiger partial charge in [-0.15, -0.1) is 0 Å². The molecule has 2 fully saturated rings. The zero-order chi connectivity index (χ0) is 11.2. The highest BCUT2D eigenvalue weighted by Crippen LogP contribution is 2.27. The molecule has 0 unspecified atom stereocenters. The third kappa shape index (κ3) is 3.96. The van der Waals surface area contributed by atoms with Gasteiger partial charge in [0.1, 0.15) is 0 Å². The fourth-order valence-corrected chi connectivity index (χ4v) is 4.26. The highest BCUT2D eigenvalue weighted by atomic mass is 32.2. The molecule has 94 valence electrons. The van der Waals surface area contributed by atoms with Crippen LogP contribution in [0.4, 0.5) is 0 Å². The lowest BCUT2D eigenvalue weighted by Gasteiger charge is -2.30. The van der Waals surface area contributed by atoms with E-state index in [0.717, 1.165) is 17.9 Å². The zero-order valence-corrected chi connectivity index (χ0v) is 11.5. The van der Waals surface area contributed by atoms with Gasteiger partial charge in [0.15, 0.2) is 0 Å². The quantitative estimate of drug-likeness (QED) is 0.805. The highest BCUT2D eigenvalue weighted by molar-refractivity contribution is 7.99. The van der Waals surface area contributed by atoms with Crippen LogP contribution in [0.15, 0.2) is 0 Å². The summed E-state index contributed by atoms with van der Waals surface area (Å²) in [4.78, 5) is 0. The second kappa shape index (κ2) is 6.90. The lowest BCUT2D eigenvalue weighted by atomic mass is 9.84. The first kappa shape index (κ1) is 12.8. The average molecular weight is 241 g/mol. The summed E-state index contributed by atoms with van der Waals surface area (Å²) in [6, 6.07) is 0.845. The summed E-state index contributed by atoms with van der Waals surface area (Å²) in [6.45, 7) is 3.64. The van der Waals surface area contributed by atoms with E-state index in [4.69, 9.17) is 0 Å². The van der Waals surface area contributed by atoms with Crippen molar-refractivity contribution in [2.75, 3.05) is 18.1 Å². The van der Waals surface area contributed by atoms with E-state index in [0.29, 0.717) is 0 Å². The van der Waals surface area contributed by atoms with Crippen molar-refractivity contribution in [3.8, 4) is 0 Å². The first-order chi connectivity index (χ1) is 7.88. The van der Waals surface area contributed by atoms with Crippen LogP contribution in [-0.2, 0) is 0 Å². The smallest absolute Gasteiger partial charge is 0.00673 e. The Morgan fingerprint density at radius 2 is 1.62 bits per heavy atom. The number of nitrogens with one attached hydrogen (secondary N) is 1. The van der Waals surface area contributed by atoms with Crippen LogP contribution < -0.4 is 5.32 Å². The molecule has 2 aliphatic rings. The summed E-state index contributed by atoms with van der Waals surface area (Å²) in [7, 11) is 0. The van der Waals surface area contributed by atoms with Gasteiger partial charge in [-0.1, -0.05) is 13.3 Å². The molecule has 16 heavy (non-hydrogen) atoms. The van der Waals surface area contributed by atoms with Crippen LogP contribution in [0.3, 0.4) is 0 Å². The largest absolute Gasteiger partial charge is 0.314 e. The fraction of sp³-hybridized carbons (Fsp3) is 1.00. The minimum atomic E-state index is 0.845. The molecule has 1 saturated heterocycles. The molecule has 0 aromatic rings. The Balaban J connectivity index is 1.59. The number of hydrogen-bond acceptors (Lipinski definition) is 2. The molecular weight excluding hydrogens is 214 g/mol. The fourth-order valence-electron chi connectivity index (χ4n) is 3.06. The van der Waals surface area contributed by atoms with Crippen molar-refractivity contribution >= 4 is 11.8 Å². The van der Waals surface area contributed by atoms with Crippen molar-refractivity contribution < 1.29 is 0 Å². The van der Waals surface area contributed by atoms with Crippen LogP contribution in [0, 0.1) is 11.8 Å². The number of thioether (sulfide) groups is 1. The van der Waals surface area contributed by atoms with E-state index >= 15 is 0 Å². The van der Waals surface area contributed by atoms with Crippen LogP contribution in [0.5, 0.6) is 0 Å². The van der Waals surface area contributed by atoms with Gasteiger partial charge in [0.2, 0.25) is 0 Å². The van der Waals surface area contributed by atoms with E-state index < -0.39 is 0 Å². The van der Waals surface area contributed by atoms with Gasteiger partial charge in [0.25, 0.3) is 0 Å². The minimum absolute atomic E-state index is 0.845. The predicted molar refractivity (Wildman–Crippen MR) is 74.1 cm³/mol. The molecule has 0 aromatic carbocycles. The maximum absolute atomic E-state index is 3.83. The first-order valence-corrected chi connectivity index (χ1v) is 8.35. The van der Waals surface area contributed by atoms with Crippen molar-refractivity contribution in [1.29, 1.82) is 0 Å². The Bertz CT molecular complexity index is 181. The van der Waals surface area contributed by atoms with Gasteiger partial charge in [-0.3, -0.25) is 0 Å². The molecule has 2 rings (SSSR count). The summed E-state index contributed by atoms with van der Waals surface area (Å²) >= 11 is 2.14. The molecule has 1 heterocycles. The second-order valence-electron chi connectivity index (χ2n) is 5.59. The maximum Gasteiger partial charge on any atom is 0.00673 e. The lowest BCUT2D eigenvalue weighted by molar-refractivity contribution is 0.274. The third-order valence-electron chi connectivity index (χ3n) is 4.46. The molecular formula is C14H27NS. The Morgan fingerprint density at radius 1 is 0.938 bits per heavy atom. The summed E-state index contributed by atoms with van der Waals surface area (Å²) in [5, 5.41) is 3.83. The van der Waals surface area contributed by atoms with E-state index in [-0.39, 0.29) is 0 Å². The van der Waals surface area contributed by atoms with Gasteiger partial charge < -0.3 is 5.32 Å². The van der Waals surface area contributed by atoms with Crippen molar-refractivity contribution in [2.45, 2.75) is 57.9 Å². The van der Waals surface area contributed by atoms with Crippen LogP contribution in [0.25, 0.3) is 0 Å². The molecule has 0 aromatic heterocycles. The maximum atomic E-state index is 3.83. The van der Waals surface area contributed by atoms with Crippen molar-refractivity contribution in [3.05, 3.63) is 0 Å². The predicted octanol–water partition coefficient (Wildman–Crippen LogP) is 3.69. The molecule has 0 spiro atoms. The van der Waals surface area contributed by atoms with Gasteiger partial charge in [-0.05, 0) is 68.4 Å². The number of hydrogen-bond donors (Lipinski definition) is 1. The summed E-state index contributed by atoms with van der Waals surface area (Å²) in [6.07, 6.45) is 10.1. The Morgan fingerprint density at radius 3 is 2.25 bits per heavy atom. The summed E-state index contributed by atoms with van der Waals surface area (Å²) in [5.41, 5.74) is 0. The molecule has 1 nitrogen and oxygen atoms in total. The molecule has 0 bridgehead atoms. The highest BCUT2D eigenvalue weighted by Gasteiger charge is 2.21. The molecule has 0 amide bonds. The van der Waals surface area contributed by atoms with Gasteiger partial charge >= 0.3 is 0 Å². The first-order valence-electron chi connectivity index (χ1n) is 7.19. The van der Waals surface area contributed by atoms with E-state index in [1.54, 1.807) is 0 Å². The van der Waals surface area contributed by atoms with E-state index in [2.05, 4.69) is 24.0 Å². The summed E-state index contributed by atoms with van der Waals surface area (Å²) < 4.78 is 0. The molecule has 0 radical (unpaired) electrons. The molecule has 1 aliphatic heterocycles. The van der Waals surface area contributed by atoms with E-state index in [1.165, 1.54) is 63.0 Å². The van der Waals surface area contributed by atoms with Crippen molar-refractivity contribution in [1.82, 2.24) is 5.32 Å². The van der Waals surface area contributed by atoms with E-state index in [1.807, 2.05) is 0 Å². The Kier molecular flexibility index (Phi) is 5.51. The average Bonchev–Trinajstić information content (AvgIpc) is 2.38.